The molecule has 1 aliphatic rings. The van der Waals surface area contributed by atoms with E-state index in [2.05, 4.69) is 0 Å². The average Bonchev–Trinajstić information content (AvgIpc) is 2.76. The van der Waals surface area contributed by atoms with Crippen LogP contribution in [0, 0.1) is 11.8 Å². The predicted molar refractivity (Wildman–Crippen MR) is 74.6 cm³/mol. The Morgan fingerprint density at radius 2 is 2.05 bits per heavy atom. The molecular weight excluding hydrogens is 280 g/mol. The Morgan fingerprint density at radius 3 is 2.50 bits per heavy atom. The van der Waals surface area contributed by atoms with Crippen LogP contribution in [0.2, 0.25) is 0 Å². The van der Waals surface area contributed by atoms with Gasteiger partial charge in [0.15, 0.2) is 9.84 Å². The minimum absolute atomic E-state index is 0.0138. The van der Waals surface area contributed by atoms with Crippen LogP contribution >= 0.6 is 0 Å². The van der Waals surface area contributed by atoms with Crippen molar-refractivity contribution in [3.8, 4) is 5.75 Å². The summed E-state index contributed by atoms with van der Waals surface area (Å²) in [4.78, 5) is 11.4. The summed E-state index contributed by atoms with van der Waals surface area (Å²) in [5, 5.41) is 9.35. The molecule has 20 heavy (non-hydrogen) atoms. The first-order valence-corrected chi connectivity index (χ1v) is 8.29. The first-order chi connectivity index (χ1) is 9.41. The molecular formula is C14H18O5S. The fourth-order valence-corrected chi connectivity index (χ4v) is 4.49. The van der Waals surface area contributed by atoms with Crippen molar-refractivity contribution in [2.24, 2.45) is 11.8 Å². The molecule has 1 N–H and O–H groups in total. The van der Waals surface area contributed by atoms with Crippen molar-refractivity contribution in [3.05, 3.63) is 29.8 Å². The van der Waals surface area contributed by atoms with Crippen molar-refractivity contribution < 1.29 is 23.1 Å². The summed E-state index contributed by atoms with van der Waals surface area (Å²) < 4.78 is 28.0. The second-order valence-electron chi connectivity index (χ2n) is 5.16. The Morgan fingerprint density at radius 1 is 1.40 bits per heavy atom. The van der Waals surface area contributed by atoms with E-state index in [1.807, 2.05) is 12.1 Å². The Bertz CT molecular complexity index is 576. The van der Waals surface area contributed by atoms with Crippen LogP contribution in [-0.2, 0) is 21.1 Å². The first-order valence-electron chi connectivity index (χ1n) is 6.47. The van der Waals surface area contributed by atoms with Crippen molar-refractivity contribution in [1.82, 2.24) is 0 Å². The van der Waals surface area contributed by atoms with E-state index in [0.717, 1.165) is 5.56 Å². The predicted octanol–water partition coefficient (Wildman–Crippen LogP) is 1.37. The lowest BCUT2D eigenvalue weighted by Gasteiger charge is -2.18. The Hall–Kier alpha value is -1.56. The molecule has 0 radical (unpaired) electrons. The molecule has 1 aliphatic heterocycles. The molecule has 6 heteroatoms. The third-order valence-corrected chi connectivity index (χ3v) is 5.56. The maximum Gasteiger partial charge on any atom is 0.307 e. The number of hydrogen-bond donors (Lipinski definition) is 1. The molecule has 1 aromatic rings. The molecule has 1 saturated heterocycles. The molecule has 0 saturated carbocycles. The summed E-state index contributed by atoms with van der Waals surface area (Å²) in [6.45, 7) is 0. The minimum atomic E-state index is -3.06. The lowest BCUT2D eigenvalue weighted by molar-refractivity contribution is -0.143. The smallest absolute Gasteiger partial charge is 0.307 e. The highest BCUT2D eigenvalue weighted by atomic mass is 32.2. The van der Waals surface area contributed by atoms with Crippen molar-refractivity contribution in [1.29, 1.82) is 0 Å². The normalized spacial score (nSPS) is 22.4. The van der Waals surface area contributed by atoms with Crippen LogP contribution in [-0.4, -0.2) is 38.1 Å². The number of hydrogen-bond acceptors (Lipinski definition) is 4. The summed E-state index contributed by atoms with van der Waals surface area (Å²) in [6, 6.07) is 7.19. The highest BCUT2D eigenvalue weighted by Crippen LogP contribution is 2.29. The van der Waals surface area contributed by atoms with Crippen LogP contribution in [0.3, 0.4) is 0 Å². The van der Waals surface area contributed by atoms with E-state index in [-0.39, 0.29) is 17.4 Å². The van der Waals surface area contributed by atoms with Crippen LogP contribution in [0.1, 0.15) is 12.0 Å². The van der Waals surface area contributed by atoms with Gasteiger partial charge in [0.1, 0.15) is 5.75 Å². The number of benzene rings is 1. The second kappa shape index (κ2) is 5.83. The number of carboxylic acid groups (broad SMARTS) is 1. The molecule has 0 bridgehead atoms. The topological polar surface area (TPSA) is 80.7 Å². The quantitative estimate of drug-likeness (QED) is 0.888. The highest BCUT2D eigenvalue weighted by Gasteiger charge is 2.37. The fourth-order valence-electron chi connectivity index (χ4n) is 2.61. The number of carbonyl (C=O) groups is 1. The molecule has 5 nitrogen and oxygen atoms in total. The lowest BCUT2D eigenvalue weighted by Crippen LogP contribution is -2.26. The molecule has 0 aliphatic carbocycles. The fraction of sp³-hybridized carbons (Fsp3) is 0.500. The van der Waals surface area contributed by atoms with Crippen LogP contribution < -0.4 is 4.74 Å². The van der Waals surface area contributed by atoms with Gasteiger partial charge in [0.25, 0.3) is 0 Å². The van der Waals surface area contributed by atoms with Gasteiger partial charge in [-0.25, -0.2) is 8.42 Å². The van der Waals surface area contributed by atoms with Gasteiger partial charge in [-0.3, -0.25) is 4.79 Å². The average molecular weight is 298 g/mol. The molecule has 110 valence electrons. The second-order valence-corrected chi connectivity index (χ2v) is 7.39. The van der Waals surface area contributed by atoms with Gasteiger partial charge in [-0.2, -0.15) is 0 Å². The van der Waals surface area contributed by atoms with E-state index in [0.29, 0.717) is 18.6 Å². The molecule has 2 rings (SSSR count). The molecule has 2 unspecified atom stereocenters. The van der Waals surface area contributed by atoms with E-state index in [1.54, 1.807) is 19.2 Å². The van der Waals surface area contributed by atoms with Gasteiger partial charge < -0.3 is 9.84 Å². The van der Waals surface area contributed by atoms with Crippen LogP contribution in [0.5, 0.6) is 5.75 Å². The van der Waals surface area contributed by atoms with Crippen molar-refractivity contribution in [3.63, 3.8) is 0 Å². The third kappa shape index (κ3) is 3.50. The van der Waals surface area contributed by atoms with Crippen LogP contribution in [0.4, 0.5) is 0 Å². The van der Waals surface area contributed by atoms with Gasteiger partial charge in [-0.15, -0.1) is 0 Å². The summed E-state index contributed by atoms with van der Waals surface area (Å²) in [5.41, 5.74) is 0.877. The standard InChI is InChI=1S/C14H18O5S/c1-19-12-4-2-10(3-5-12)8-13(14(15)16)11-6-7-20(17,18)9-11/h2-5,11,13H,6-9H2,1H3,(H,15,16). The maximum absolute atomic E-state index is 11.5. The molecule has 1 fully saturated rings. The Labute approximate surface area is 118 Å². The number of methoxy groups -OCH3 is 1. The molecule has 0 aromatic heterocycles. The number of carboxylic acids is 1. The zero-order chi connectivity index (χ0) is 14.8. The van der Waals surface area contributed by atoms with Crippen LogP contribution in [0.15, 0.2) is 24.3 Å². The first kappa shape index (κ1) is 14.8. The number of sulfone groups is 1. The minimum Gasteiger partial charge on any atom is -0.497 e. The van der Waals surface area contributed by atoms with Crippen molar-refractivity contribution >= 4 is 15.8 Å². The van der Waals surface area contributed by atoms with E-state index < -0.39 is 21.7 Å². The van der Waals surface area contributed by atoms with E-state index in [9.17, 15) is 18.3 Å². The molecule has 1 aromatic carbocycles. The zero-order valence-electron chi connectivity index (χ0n) is 11.3. The molecule has 1 heterocycles. The summed E-state index contributed by atoms with van der Waals surface area (Å²) in [5.74, 6) is -1.07. The van der Waals surface area contributed by atoms with Crippen molar-refractivity contribution in [2.75, 3.05) is 18.6 Å². The molecule has 0 spiro atoms. The number of aliphatic carboxylic acids is 1. The largest absolute Gasteiger partial charge is 0.497 e. The zero-order valence-corrected chi connectivity index (χ0v) is 12.1. The SMILES string of the molecule is COc1ccc(CC(C(=O)O)C2CCS(=O)(=O)C2)cc1. The van der Waals surface area contributed by atoms with E-state index in [4.69, 9.17) is 4.74 Å². The van der Waals surface area contributed by atoms with Gasteiger partial charge in [0, 0.05) is 0 Å². The van der Waals surface area contributed by atoms with Crippen molar-refractivity contribution in [2.45, 2.75) is 12.8 Å². The van der Waals surface area contributed by atoms with E-state index in [1.165, 1.54) is 0 Å². The lowest BCUT2D eigenvalue weighted by atomic mass is 9.86. The third-order valence-electron chi connectivity index (χ3n) is 3.77. The number of rotatable bonds is 5. The van der Waals surface area contributed by atoms with Gasteiger partial charge in [-0.1, -0.05) is 12.1 Å². The van der Waals surface area contributed by atoms with Gasteiger partial charge >= 0.3 is 5.97 Å². The molecule has 0 amide bonds. The van der Waals surface area contributed by atoms with Crippen LogP contribution in [0.25, 0.3) is 0 Å². The Kier molecular flexibility index (Phi) is 4.32. The van der Waals surface area contributed by atoms with Gasteiger partial charge in [-0.05, 0) is 36.5 Å². The van der Waals surface area contributed by atoms with E-state index >= 15 is 0 Å². The highest BCUT2D eigenvalue weighted by molar-refractivity contribution is 7.91. The monoisotopic (exact) mass is 298 g/mol. The summed E-state index contributed by atoms with van der Waals surface area (Å²) in [6.07, 6.45) is 0.787. The van der Waals surface area contributed by atoms with Gasteiger partial charge in [0.05, 0.1) is 24.5 Å². The number of ether oxygens (including phenoxy) is 1. The summed E-state index contributed by atoms with van der Waals surface area (Å²) >= 11 is 0. The van der Waals surface area contributed by atoms with Gasteiger partial charge in [0.2, 0.25) is 0 Å². The molecule has 2 atom stereocenters. The maximum atomic E-state index is 11.5. The summed E-state index contributed by atoms with van der Waals surface area (Å²) in [7, 11) is -1.49. The Balaban J connectivity index is 2.11.